The number of carbonyl (C=O) groups is 4. The van der Waals surface area contributed by atoms with Gasteiger partial charge in [-0.1, -0.05) is 42.5 Å². The second kappa shape index (κ2) is 10.2. The molecule has 1 aliphatic heterocycles. The van der Waals surface area contributed by atoms with E-state index in [2.05, 4.69) is 5.32 Å². The Kier molecular flexibility index (Phi) is 7.41. The van der Waals surface area contributed by atoms with E-state index in [1.165, 1.54) is 29.2 Å². The van der Waals surface area contributed by atoms with Gasteiger partial charge in [0, 0.05) is 24.1 Å². The van der Waals surface area contributed by atoms with Crippen LogP contribution in [0.15, 0.2) is 54.6 Å². The van der Waals surface area contributed by atoms with Crippen molar-refractivity contribution in [2.75, 3.05) is 12.4 Å². The summed E-state index contributed by atoms with van der Waals surface area (Å²) in [5, 5.41) is 2.79. The molecule has 3 amide bonds. The van der Waals surface area contributed by atoms with Crippen molar-refractivity contribution in [1.29, 1.82) is 0 Å². The molecule has 2 atom stereocenters. The molecule has 3 rings (SSSR count). The molecule has 0 aromatic heterocycles. The summed E-state index contributed by atoms with van der Waals surface area (Å²) in [5.41, 5.74) is 7.06. The molecule has 162 valence electrons. The molecule has 1 fully saturated rings. The fourth-order valence-electron chi connectivity index (χ4n) is 3.70. The minimum atomic E-state index is -0.862. The Morgan fingerprint density at radius 2 is 1.68 bits per heavy atom. The number of amides is 3. The SMILES string of the molecule is NC(=O)[C@@H]1CCCN1C(=O)[C@H](Cc1ccccc1)NC(=O)c1ccc(C(=O)CCl)cc1. The third-order valence-corrected chi connectivity index (χ3v) is 5.58. The summed E-state index contributed by atoms with van der Waals surface area (Å²) in [4.78, 5) is 51.0. The van der Waals surface area contributed by atoms with Crippen molar-refractivity contribution in [1.82, 2.24) is 10.2 Å². The minimum absolute atomic E-state index is 0.143. The average Bonchev–Trinajstić information content (AvgIpc) is 3.28. The molecular formula is C23H24ClN3O4. The zero-order valence-corrected chi connectivity index (χ0v) is 17.7. The van der Waals surface area contributed by atoms with Gasteiger partial charge >= 0.3 is 0 Å². The van der Waals surface area contributed by atoms with Crippen LogP contribution in [0.25, 0.3) is 0 Å². The van der Waals surface area contributed by atoms with Crippen molar-refractivity contribution in [2.24, 2.45) is 5.73 Å². The number of nitrogens with one attached hydrogen (secondary N) is 1. The van der Waals surface area contributed by atoms with Crippen LogP contribution in [0.5, 0.6) is 0 Å². The number of hydrogen-bond donors (Lipinski definition) is 2. The molecule has 31 heavy (non-hydrogen) atoms. The van der Waals surface area contributed by atoms with E-state index in [9.17, 15) is 19.2 Å². The molecule has 3 N–H and O–H groups in total. The molecule has 2 aromatic rings. The number of halogens is 1. The summed E-state index contributed by atoms with van der Waals surface area (Å²) in [6.45, 7) is 0.419. The van der Waals surface area contributed by atoms with Crippen molar-refractivity contribution in [3.8, 4) is 0 Å². The van der Waals surface area contributed by atoms with Gasteiger partial charge in [-0.3, -0.25) is 19.2 Å². The molecule has 2 aromatic carbocycles. The number of nitrogens with two attached hydrogens (primary N) is 1. The zero-order valence-electron chi connectivity index (χ0n) is 16.9. The maximum atomic E-state index is 13.3. The fourth-order valence-corrected chi connectivity index (χ4v) is 3.86. The minimum Gasteiger partial charge on any atom is -0.368 e. The summed E-state index contributed by atoms with van der Waals surface area (Å²) in [7, 11) is 0. The van der Waals surface area contributed by atoms with Gasteiger partial charge in [0.1, 0.15) is 12.1 Å². The van der Waals surface area contributed by atoms with Gasteiger partial charge in [-0.25, -0.2) is 0 Å². The standard InChI is InChI=1S/C23H24ClN3O4/c24-14-20(28)16-8-10-17(11-9-16)22(30)26-18(13-15-5-2-1-3-6-15)23(31)27-12-4-7-19(27)21(25)29/h1-3,5-6,8-11,18-19H,4,7,12-14H2,(H2,25,29)(H,26,30)/t18-,19-/m0/s1. The number of hydrogen-bond acceptors (Lipinski definition) is 4. The van der Waals surface area contributed by atoms with E-state index in [-0.39, 0.29) is 24.0 Å². The summed E-state index contributed by atoms with van der Waals surface area (Å²) < 4.78 is 0. The second-order valence-electron chi connectivity index (χ2n) is 7.44. The Morgan fingerprint density at radius 1 is 1.03 bits per heavy atom. The van der Waals surface area contributed by atoms with E-state index in [1.807, 2.05) is 30.3 Å². The predicted octanol–water partition coefficient (Wildman–Crippen LogP) is 1.93. The Hall–Kier alpha value is -3.19. The molecule has 7 nitrogen and oxygen atoms in total. The lowest BCUT2D eigenvalue weighted by atomic mass is 10.0. The highest BCUT2D eigenvalue weighted by molar-refractivity contribution is 6.30. The number of rotatable bonds is 8. The van der Waals surface area contributed by atoms with Crippen molar-refractivity contribution in [3.63, 3.8) is 0 Å². The Bertz CT molecular complexity index is 963. The number of Topliss-reactive ketones (excluding diaryl/α,β-unsaturated/α-hetero) is 1. The maximum Gasteiger partial charge on any atom is 0.251 e. The van der Waals surface area contributed by atoms with Crippen LogP contribution in [0.1, 0.15) is 39.1 Å². The number of benzene rings is 2. The molecule has 0 spiro atoms. The largest absolute Gasteiger partial charge is 0.368 e. The predicted molar refractivity (Wildman–Crippen MR) is 117 cm³/mol. The molecule has 8 heteroatoms. The number of likely N-dealkylation sites (tertiary alicyclic amines) is 1. The number of ketones is 1. The number of alkyl halides is 1. The molecule has 0 unspecified atom stereocenters. The number of carbonyl (C=O) groups excluding carboxylic acids is 4. The van der Waals surface area contributed by atoms with Crippen LogP contribution in [-0.4, -0.2) is 52.9 Å². The summed E-state index contributed by atoms with van der Waals surface area (Å²) in [6, 6.07) is 13.9. The Balaban J connectivity index is 1.80. The van der Waals surface area contributed by atoms with E-state index in [4.69, 9.17) is 17.3 Å². The lowest BCUT2D eigenvalue weighted by Crippen LogP contribution is -2.53. The van der Waals surface area contributed by atoms with Crippen LogP contribution in [-0.2, 0) is 16.0 Å². The second-order valence-corrected chi connectivity index (χ2v) is 7.71. The van der Waals surface area contributed by atoms with E-state index < -0.39 is 23.9 Å². The van der Waals surface area contributed by atoms with Crippen LogP contribution in [0.4, 0.5) is 0 Å². The van der Waals surface area contributed by atoms with Crippen molar-refractivity contribution < 1.29 is 19.2 Å². The third kappa shape index (κ3) is 5.49. The smallest absolute Gasteiger partial charge is 0.251 e. The van der Waals surface area contributed by atoms with Crippen LogP contribution in [0, 0.1) is 0 Å². The van der Waals surface area contributed by atoms with E-state index in [0.717, 1.165) is 5.56 Å². The highest BCUT2D eigenvalue weighted by atomic mass is 35.5. The molecule has 1 aliphatic rings. The van der Waals surface area contributed by atoms with Gasteiger partial charge in [0.25, 0.3) is 5.91 Å². The number of primary amides is 1. The molecule has 1 heterocycles. The van der Waals surface area contributed by atoms with Crippen LogP contribution in [0.2, 0.25) is 0 Å². The van der Waals surface area contributed by atoms with Gasteiger partial charge in [-0.15, -0.1) is 11.6 Å². The van der Waals surface area contributed by atoms with E-state index >= 15 is 0 Å². The lowest BCUT2D eigenvalue weighted by Gasteiger charge is -2.28. The molecular weight excluding hydrogens is 418 g/mol. The quantitative estimate of drug-likeness (QED) is 0.481. The average molecular weight is 442 g/mol. The first-order valence-corrected chi connectivity index (χ1v) is 10.6. The van der Waals surface area contributed by atoms with Gasteiger partial charge in [-0.05, 0) is 30.5 Å². The van der Waals surface area contributed by atoms with E-state index in [0.29, 0.717) is 30.5 Å². The molecule has 0 radical (unpaired) electrons. The lowest BCUT2D eigenvalue weighted by molar-refractivity contribution is -0.138. The molecule has 0 bridgehead atoms. The topological polar surface area (TPSA) is 110 Å². The van der Waals surface area contributed by atoms with Crippen molar-refractivity contribution >= 4 is 35.1 Å². The number of nitrogens with zero attached hydrogens (tertiary/aromatic N) is 1. The molecule has 0 saturated carbocycles. The fraction of sp³-hybridized carbons (Fsp3) is 0.304. The van der Waals surface area contributed by atoms with Gasteiger partial charge in [-0.2, -0.15) is 0 Å². The summed E-state index contributed by atoms with van der Waals surface area (Å²) >= 11 is 5.56. The summed E-state index contributed by atoms with van der Waals surface area (Å²) in [6.07, 6.45) is 1.47. The third-order valence-electron chi connectivity index (χ3n) is 5.34. The maximum absolute atomic E-state index is 13.3. The van der Waals surface area contributed by atoms with Crippen LogP contribution in [0.3, 0.4) is 0 Å². The van der Waals surface area contributed by atoms with Crippen molar-refractivity contribution in [2.45, 2.75) is 31.3 Å². The van der Waals surface area contributed by atoms with Gasteiger partial charge in [0.05, 0.1) is 5.88 Å². The van der Waals surface area contributed by atoms with Crippen LogP contribution < -0.4 is 11.1 Å². The van der Waals surface area contributed by atoms with Gasteiger partial charge < -0.3 is 16.0 Å². The summed E-state index contributed by atoms with van der Waals surface area (Å²) in [5.74, 6) is -1.72. The highest BCUT2D eigenvalue weighted by Gasteiger charge is 2.36. The van der Waals surface area contributed by atoms with Gasteiger partial charge in [0.15, 0.2) is 5.78 Å². The first kappa shape index (κ1) is 22.5. The Morgan fingerprint density at radius 3 is 2.29 bits per heavy atom. The van der Waals surface area contributed by atoms with Gasteiger partial charge in [0.2, 0.25) is 11.8 Å². The zero-order chi connectivity index (χ0) is 22.4. The molecule has 0 aliphatic carbocycles. The Labute approximate surface area is 185 Å². The first-order chi connectivity index (χ1) is 14.9. The monoisotopic (exact) mass is 441 g/mol. The van der Waals surface area contributed by atoms with E-state index in [1.54, 1.807) is 0 Å². The van der Waals surface area contributed by atoms with Crippen LogP contribution >= 0.6 is 11.6 Å². The normalized spacial score (nSPS) is 16.5. The first-order valence-electron chi connectivity index (χ1n) is 10.0. The highest BCUT2D eigenvalue weighted by Crippen LogP contribution is 2.19. The van der Waals surface area contributed by atoms with Crippen molar-refractivity contribution in [3.05, 3.63) is 71.3 Å². The molecule has 1 saturated heterocycles.